The van der Waals surface area contributed by atoms with Crippen molar-refractivity contribution < 1.29 is 52.6 Å². The summed E-state index contributed by atoms with van der Waals surface area (Å²) < 4.78 is 11.8. The van der Waals surface area contributed by atoms with Crippen molar-refractivity contribution in [2.24, 2.45) is 0 Å². The number of hydrogen-bond donors (Lipinski definition) is 0. The fraction of sp³-hybridized carbons (Fsp3) is 0.333. The van der Waals surface area contributed by atoms with Crippen LogP contribution in [-0.2, 0) is 52.6 Å². The highest BCUT2D eigenvalue weighted by Gasteiger charge is 2.23. The van der Waals surface area contributed by atoms with Crippen molar-refractivity contribution in [1.29, 1.82) is 0 Å². The molecule has 0 unspecified atom stereocenters. The van der Waals surface area contributed by atoms with Crippen molar-refractivity contribution in [1.82, 2.24) is 0 Å². The SMILES string of the molecule is CC(=O)C(=O)OC(=O)CC(=O)OC(=O)CC(=O)OC(=O)C(C)=O. The monoisotopic (exact) mass is 330 g/mol. The molecule has 0 aliphatic carbocycles. The van der Waals surface area contributed by atoms with Crippen LogP contribution in [0.4, 0.5) is 0 Å². The smallest absolute Gasteiger partial charge is 0.381 e. The fourth-order valence-electron chi connectivity index (χ4n) is 0.858. The number of esters is 6. The Balaban J connectivity index is 4.27. The Morgan fingerprint density at radius 3 is 1.04 bits per heavy atom. The minimum Gasteiger partial charge on any atom is -0.392 e. The van der Waals surface area contributed by atoms with Crippen molar-refractivity contribution in [3.63, 3.8) is 0 Å². The van der Waals surface area contributed by atoms with Gasteiger partial charge in [-0.25, -0.2) is 9.59 Å². The first-order valence-corrected chi connectivity index (χ1v) is 5.77. The average molecular weight is 330 g/mol. The van der Waals surface area contributed by atoms with Crippen LogP contribution in [0.5, 0.6) is 0 Å². The van der Waals surface area contributed by atoms with Gasteiger partial charge in [0.15, 0.2) is 0 Å². The molecule has 0 saturated heterocycles. The summed E-state index contributed by atoms with van der Waals surface area (Å²) in [5, 5.41) is 0. The van der Waals surface area contributed by atoms with Crippen LogP contribution in [0.2, 0.25) is 0 Å². The van der Waals surface area contributed by atoms with E-state index in [0.29, 0.717) is 0 Å². The van der Waals surface area contributed by atoms with Crippen molar-refractivity contribution in [2.75, 3.05) is 0 Å². The highest BCUT2D eigenvalue weighted by molar-refractivity contribution is 6.34. The van der Waals surface area contributed by atoms with Crippen LogP contribution in [0.25, 0.3) is 0 Å². The van der Waals surface area contributed by atoms with Gasteiger partial charge in [0, 0.05) is 13.8 Å². The number of ether oxygens (including phenoxy) is 3. The van der Waals surface area contributed by atoms with E-state index in [1.54, 1.807) is 0 Å². The molecule has 0 N–H and O–H groups in total. The zero-order chi connectivity index (χ0) is 18.2. The van der Waals surface area contributed by atoms with Crippen LogP contribution in [-0.4, -0.2) is 47.4 Å². The number of rotatable bonds is 6. The third-order valence-corrected chi connectivity index (χ3v) is 1.79. The molecule has 0 rings (SSSR count). The summed E-state index contributed by atoms with van der Waals surface area (Å²) in [6.07, 6.45) is -2.35. The molecule has 11 heteroatoms. The van der Waals surface area contributed by atoms with Gasteiger partial charge < -0.3 is 14.2 Å². The third-order valence-electron chi connectivity index (χ3n) is 1.79. The van der Waals surface area contributed by atoms with Gasteiger partial charge in [0.1, 0.15) is 12.8 Å². The highest BCUT2D eigenvalue weighted by Crippen LogP contribution is 1.97. The zero-order valence-electron chi connectivity index (χ0n) is 11.9. The first-order chi connectivity index (χ1) is 10.5. The van der Waals surface area contributed by atoms with Gasteiger partial charge >= 0.3 is 35.8 Å². The van der Waals surface area contributed by atoms with E-state index in [1.165, 1.54) is 0 Å². The molecule has 0 aromatic carbocycles. The summed E-state index contributed by atoms with van der Waals surface area (Å²) >= 11 is 0. The van der Waals surface area contributed by atoms with Crippen LogP contribution < -0.4 is 0 Å². The molecule has 0 aromatic rings. The summed E-state index contributed by atoms with van der Waals surface area (Å²) in [6.45, 7) is 1.65. The summed E-state index contributed by atoms with van der Waals surface area (Å²) in [5.74, 6) is -11.0. The Morgan fingerprint density at radius 1 is 0.522 bits per heavy atom. The largest absolute Gasteiger partial charge is 0.392 e. The normalized spacial score (nSPS) is 9.30. The number of ketones is 2. The molecule has 0 bridgehead atoms. The Kier molecular flexibility index (Phi) is 7.66. The predicted octanol–water partition coefficient (Wildman–Crippen LogP) is -1.85. The maximum absolute atomic E-state index is 11.1. The van der Waals surface area contributed by atoms with Gasteiger partial charge in [0.2, 0.25) is 11.6 Å². The summed E-state index contributed by atoms with van der Waals surface area (Å²) in [7, 11) is 0. The van der Waals surface area contributed by atoms with Crippen LogP contribution in [0.1, 0.15) is 26.7 Å². The van der Waals surface area contributed by atoms with Crippen molar-refractivity contribution in [3.05, 3.63) is 0 Å². The molecular formula is C12H10O11. The quantitative estimate of drug-likeness (QED) is 0.232. The molecule has 0 saturated carbocycles. The standard InChI is InChI=1S/C12H10O11/c1-5(13)11(19)22-9(17)3-7(15)21-8(16)4-10(18)23-12(20)6(2)14/h3-4H2,1-2H3. The maximum atomic E-state index is 11.1. The van der Waals surface area contributed by atoms with E-state index < -0.39 is 60.2 Å². The van der Waals surface area contributed by atoms with Crippen LogP contribution in [0, 0.1) is 0 Å². The molecule has 0 aromatic heterocycles. The van der Waals surface area contributed by atoms with E-state index in [2.05, 4.69) is 14.2 Å². The molecule has 0 fully saturated rings. The van der Waals surface area contributed by atoms with Gasteiger partial charge in [-0.05, 0) is 0 Å². The lowest BCUT2D eigenvalue weighted by Crippen LogP contribution is -2.25. The molecule has 11 nitrogen and oxygen atoms in total. The van der Waals surface area contributed by atoms with Gasteiger partial charge in [0.05, 0.1) is 0 Å². The molecule has 0 aliphatic heterocycles. The number of carbonyl (C=O) groups is 8. The van der Waals surface area contributed by atoms with Crippen molar-refractivity contribution >= 4 is 47.4 Å². The van der Waals surface area contributed by atoms with Crippen molar-refractivity contribution in [3.8, 4) is 0 Å². The molecule has 0 spiro atoms. The predicted molar refractivity (Wildman–Crippen MR) is 63.9 cm³/mol. The van der Waals surface area contributed by atoms with Crippen LogP contribution in [0.3, 0.4) is 0 Å². The summed E-state index contributed by atoms with van der Waals surface area (Å²) in [6, 6.07) is 0. The minimum absolute atomic E-state index is 0.825. The Bertz CT molecular complexity index is 546. The molecule has 0 aliphatic rings. The molecule has 0 radical (unpaired) electrons. The van der Waals surface area contributed by atoms with Crippen LogP contribution in [0.15, 0.2) is 0 Å². The lowest BCUT2D eigenvalue weighted by molar-refractivity contribution is -0.169. The van der Waals surface area contributed by atoms with Gasteiger partial charge in [0.25, 0.3) is 0 Å². The summed E-state index contributed by atoms with van der Waals surface area (Å²) in [5.41, 5.74) is 0. The highest BCUT2D eigenvalue weighted by atomic mass is 16.6. The van der Waals surface area contributed by atoms with E-state index in [1.807, 2.05) is 0 Å². The second kappa shape index (κ2) is 8.92. The second-order valence-electron chi connectivity index (χ2n) is 3.84. The first-order valence-electron chi connectivity index (χ1n) is 5.77. The molecule has 0 amide bonds. The zero-order valence-corrected chi connectivity index (χ0v) is 11.9. The molecule has 0 atom stereocenters. The fourth-order valence-corrected chi connectivity index (χ4v) is 0.858. The Hall–Kier alpha value is -3.24. The topological polar surface area (TPSA) is 164 Å². The van der Waals surface area contributed by atoms with Crippen molar-refractivity contribution in [2.45, 2.75) is 26.7 Å². The average Bonchev–Trinajstić information content (AvgIpc) is 2.36. The number of carbonyl (C=O) groups excluding carboxylic acids is 8. The van der Waals surface area contributed by atoms with E-state index in [9.17, 15) is 38.4 Å². The van der Waals surface area contributed by atoms with E-state index in [-0.39, 0.29) is 0 Å². The van der Waals surface area contributed by atoms with Gasteiger partial charge in [-0.3, -0.25) is 28.8 Å². The van der Waals surface area contributed by atoms with Gasteiger partial charge in [-0.15, -0.1) is 0 Å². The maximum Gasteiger partial charge on any atom is 0.381 e. The molecule has 124 valence electrons. The van der Waals surface area contributed by atoms with E-state index in [4.69, 9.17) is 0 Å². The van der Waals surface area contributed by atoms with Gasteiger partial charge in [-0.2, -0.15) is 0 Å². The Labute approximate surface area is 127 Å². The molecule has 0 heterocycles. The van der Waals surface area contributed by atoms with E-state index >= 15 is 0 Å². The number of hydrogen-bond acceptors (Lipinski definition) is 11. The minimum atomic E-state index is -1.50. The molecular weight excluding hydrogens is 320 g/mol. The van der Waals surface area contributed by atoms with Crippen LogP contribution >= 0.6 is 0 Å². The third kappa shape index (κ3) is 8.60. The first kappa shape index (κ1) is 19.8. The number of Topliss-reactive ketones (excluding diaryl/α,β-unsaturated/α-hetero) is 2. The van der Waals surface area contributed by atoms with E-state index in [0.717, 1.165) is 13.8 Å². The lowest BCUT2D eigenvalue weighted by Gasteiger charge is -2.02. The second-order valence-corrected chi connectivity index (χ2v) is 3.84. The van der Waals surface area contributed by atoms with Gasteiger partial charge in [-0.1, -0.05) is 0 Å². The molecule has 23 heavy (non-hydrogen) atoms. The lowest BCUT2D eigenvalue weighted by atomic mass is 10.4. The summed E-state index contributed by atoms with van der Waals surface area (Å²) in [4.78, 5) is 86.7. The Morgan fingerprint density at radius 2 is 0.783 bits per heavy atom.